The van der Waals surface area contributed by atoms with Crippen LogP contribution in [0.3, 0.4) is 0 Å². The molecule has 7 heteroatoms. The lowest BCUT2D eigenvalue weighted by atomic mass is 9.82. The van der Waals surface area contributed by atoms with Gasteiger partial charge in [0.15, 0.2) is 0 Å². The highest BCUT2D eigenvalue weighted by Crippen LogP contribution is 2.40. The maximum atomic E-state index is 13.3. The number of rotatable bonds is 6. The quantitative estimate of drug-likeness (QED) is 0.603. The summed E-state index contributed by atoms with van der Waals surface area (Å²) in [5.41, 5.74) is 1.51. The van der Waals surface area contributed by atoms with Crippen molar-refractivity contribution < 1.29 is 9.53 Å². The van der Waals surface area contributed by atoms with Crippen LogP contribution in [0.4, 0.5) is 4.79 Å². The Morgan fingerprint density at radius 3 is 2.66 bits per heavy atom. The number of amides is 1. The second-order valence-electron chi connectivity index (χ2n) is 9.44. The molecule has 1 unspecified atom stereocenters. The predicted octanol–water partition coefficient (Wildman–Crippen LogP) is 5.73. The molecule has 0 aliphatic heterocycles. The van der Waals surface area contributed by atoms with Crippen molar-refractivity contribution in [3.8, 4) is 0 Å². The fourth-order valence-electron chi connectivity index (χ4n) is 4.23. The first-order valence-electron chi connectivity index (χ1n) is 10.8. The number of thiophene rings is 1. The smallest absolute Gasteiger partial charge is 0.411 e. The van der Waals surface area contributed by atoms with Crippen molar-refractivity contribution in [3.63, 3.8) is 0 Å². The first-order valence-corrected chi connectivity index (χ1v) is 11.8. The van der Waals surface area contributed by atoms with Crippen LogP contribution in [0.5, 0.6) is 0 Å². The Bertz CT molecular complexity index is 801. The summed E-state index contributed by atoms with van der Waals surface area (Å²) in [6.07, 6.45) is 10.1. The van der Waals surface area contributed by atoms with Crippen molar-refractivity contribution in [2.75, 3.05) is 0 Å². The molecule has 6 nitrogen and oxygen atoms in total. The summed E-state index contributed by atoms with van der Waals surface area (Å²) in [5, 5.41) is 13.1. The van der Waals surface area contributed by atoms with Crippen molar-refractivity contribution in [2.24, 2.45) is 5.92 Å². The van der Waals surface area contributed by atoms with Crippen LogP contribution in [0.15, 0.2) is 23.0 Å². The third-order valence-corrected chi connectivity index (χ3v) is 6.48. The van der Waals surface area contributed by atoms with Gasteiger partial charge in [0.05, 0.1) is 24.8 Å². The van der Waals surface area contributed by atoms with Crippen LogP contribution in [0.1, 0.15) is 89.1 Å². The molecule has 2 aromatic heterocycles. The summed E-state index contributed by atoms with van der Waals surface area (Å²) >= 11 is 1.65. The summed E-state index contributed by atoms with van der Waals surface area (Å²) in [7, 11) is 0. The van der Waals surface area contributed by atoms with Crippen LogP contribution in [-0.2, 0) is 11.3 Å². The molecule has 0 aromatic carbocycles. The van der Waals surface area contributed by atoms with Crippen LogP contribution in [0, 0.1) is 5.92 Å². The molecule has 158 valence electrons. The van der Waals surface area contributed by atoms with E-state index in [0.717, 1.165) is 24.1 Å². The van der Waals surface area contributed by atoms with Gasteiger partial charge in [-0.25, -0.2) is 9.48 Å². The molecule has 1 amide bonds. The highest BCUT2D eigenvalue weighted by Gasteiger charge is 2.38. The molecule has 2 aliphatic carbocycles. The van der Waals surface area contributed by atoms with Crippen molar-refractivity contribution in [3.05, 3.63) is 34.3 Å². The Morgan fingerprint density at radius 2 is 2.03 bits per heavy atom. The molecule has 2 aromatic rings. The molecular formula is C22H32N4O2S. The minimum atomic E-state index is -0.535. The normalized spacial score (nSPS) is 19.1. The maximum absolute atomic E-state index is 13.3. The molecule has 2 fully saturated rings. The topological polar surface area (TPSA) is 60.2 Å². The average molecular weight is 417 g/mol. The van der Waals surface area contributed by atoms with Crippen LogP contribution in [0.25, 0.3) is 0 Å². The molecule has 0 spiro atoms. The van der Waals surface area contributed by atoms with Crippen LogP contribution in [-0.4, -0.2) is 31.6 Å². The predicted molar refractivity (Wildman–Crippen MR) is 114 cm³/mol. The van der Waals surface area contributed by atoms with E-state index in [0.29, 0.717) is 18.5 Å². The van der Waals surface area contributed by atoms with Gasteiger partial charge in [0.25, 0.3) is 0 Å². The monoisotopic (exact) mass is 416 g/mol. The second-order valence-corrected chi connectivity index (χ2v) is 10.2. The summed E-state index contributed by atoms with van der Waals surface area (Å²) in [6.45, 7) is 6.31. The highest BCUT2D eigenvalue weighted by molar-refractivity contribution is 7.07. The van der Waals surface area contributed by atoms with E-state index in [4.69, 9.17) is 4.74 Å². The Balaban J connectivity index is 1.67. The van der Waals surface area contributed by atoms with E-state index >= 15 is 0 Å². The van der Waals surface area contributed by atoms with Crippen LogP contribution < -0.4 is 0 Å². The minimum Gasteiger partial charge on any atom is -0.444 e. The molecule has 0 bridgehead atoms. The summed E-state index contributed by atoms with van der Waals surface area (Å²) in [5.74, 6) is 0.388. The molecule has 29 heavy (non-hydrogen) atoms. The SMILES string of the molecule is CC(C)(C)OC(=O)N(Cc1ccsc1)C(c1cn(C2CC2)nn1)C1CCCCC1. The largest absolute Gasteiger partial charge is 0.444 e. The van der Waals surface area contributed by atoms with Gasteiger partial charge in [-0.1, -0.05) is 24.5 Å². The van der Waals surface area contributed by atoms with E-state index in [9.17, 15) is 4.79 Å². The molecular weight excluding hydrogens is 384 g/mol. The standard InChI is InChI=1S/C22H32N4O2S/c1-22(2,3)28-21(27)25(13-16-11-12-29-15-16)20(17-7-5-4-6-8-17)19-14-26(24-23-19)18-9-10-18/h11-12,14-15,17-18,20H,4-10,13H2,1-3H3. The van der Waals surface area contributed by atoms with Gasteiger partial charge >= 0.3 is 6.09 Å². The van der Waals surface area contributed by atoms with Crippen LogP contribution in [0.2, 0.25) is 0 Å². The second kappa shape index (κ2) is 8.46. The lowest BCUT2D eigenvalue weighted by Crippen LogP contribution is -2.42. The number of hydrogen-bond acceptors (Lipinski definition) is 5. The van der Waals surface area contributed by atoms with E-state index in [1.807, 2.05) is 30.4 Å². The van der Waals surface area contributed by atoms with Gasteiger partial charge in [-0.05, 0) is 74.8 Å². The number of ether oxygens (including phenoxy) is 1. The van der Waals surface area contributed by atoms with E-state index in [1.54, 1.807) is 11.3 Å². The number of aromatic nitrogens is 3. The highest BCUT2D eigenvalue weighted by atomic mass is 32.1. The minimum absolute atomic E-state index is 0.0995. The van der Waals surface area contributed by atoms with Crippen molar-refractivity contribution >= 4 is 17.4 Å². The third-order valence-electron chi connectivity index (χ3n) is 5.75. The molecule has 0 saturated heterocycles. The molecule has 2 saturated carbocycles. The van der Waals surface area contributed by atoms with Gasteiger partial charge in [0, 0.05) is 0 Å². The first-order chi connectivity index (χ1) is 13.9. The lowest BCUT2D eigenvalue weighted by molar-refractivity contribution is 0.00292. The molecule has 2 heterocycles. The Hall–Kier alpha value is -1.89. The number of hydrogen-bond donors (Lipinski definition) is 0. The molecule has 1 atom stereocenters. The van der Waals surface area contributed by atoms with Crippen molar-refractivity contribution in [2.45, 2.75) is 89.9 Å². The third kappa shape index (κ3) is 5.18. The fraction of sp³-hybridized carbons (Fsp3) is 0.682. The van der Waals surface area contributed by atoms with Gasteiger partial charge in [0.1, 0.15) is 11.3 Å². The fourth-order valence-corrected chi connectivity index (χ4v) is 4.89. The number of carbonyl (C=O) groups excluding carboxylic acids is 1. The Kier molecular flexibility index (Phi) is 5.95. The van der Waals surface area contributed by atoms with Crippen molar-refractivity contribution in [1.82, 2.24) is 19.9 Å². The Morgan fingerprint density at radius 1 is 1.28 bits per heavy atom. The van der Waals surface area contributed by atoms with Gasteiger partial charge < -0.3 is 4.74 Å². The zero-order valence-electron chi connectivity index (χ0n) is 17.7. The molecule has 2 aliphatic rings. The van der Waals surface area contributed by atoms with E-state index in [2.05, 4.69) is 33.3 Å². The average Bonchev–Trinajstić information content (AvgIpc) is 3.18. The van der Waals surface area contributed by atoms with Gasteiger partial charge in [-0.15, -0.1) is 5.10 Å². The van der Waals surface area contributed by atoms with Crippen molar-refractivity contribution in [1.29, 1.82) is 0 Å². The Labute approximate surface area is 177 Å². The summed E-state index contributed by atoms with van der Waals surface area (Å²) in [6, 6.07) is 2.47. The zero-order chi connectivity index (χ0) is 20.4. The zero-order valence-corrected chi connectivity index (χ0v) is 18.5. The van der Waals surface area contributed by atoms with E-state index in [1.165, 1.54) is 32.1 Å². The molecule has 4 rings (SSSR count). The van der Waals surface area contributed by atoms with Gasteiger partial charge in [-0.2, -0.15) is 11.3 Å². The van der Waals surface area contributed by atoms with Crippen LogP contribution >= 0.6 is 11.3 Å². The summed E-state index contributed by atoms with van der Waals surface area (Å²) < 4.78 is 7.83. The van der Waals surface area contributed by atoms with Gasteiger partial charge in [0.2, 0.25) is 0 Å². The molecule has 0 N–H and O–H groups in total. The number of nitrogens with zero attached hydrogens (tertiary/aromatic N) is 4. The molecule has 0 radical (unpaired) electrons. The maximum Gasteiger partial charge on any atom is 0.411 e. The van der Waals surface area contributed by atoms with E-state index in [-0.39, 0.29) is 12.1 Å². The van der Waals surface area contributed by atoms with E-state index < -0.39 is 5.60 Å². The number of carbonyl (C=O) groups is 1. The summed E-state index contributed by atoms with van der Waals surface area (Å²) in [4.78, 5) is 15.3. The lowest BCUT2D eigenvalue weighted by Gasteiger charge is -2.38. The first kappa shape index (κ1) is 20.4. The van der Waals surface area contributed by atoms with Gasteiger partial charge in [-0.3, -0.25) is 4.90 Å².